The highest BCUT2D eigenvalue weighted by molar-refractivity contribution is 5.93. The molecule has 0 bridgehead atoms. The average molecular weight is 175 g/mol. The molecule has 0 saturated heterocycles. The standard InChI is InChI=1S/C11H13NO/c1-3-8(2)9-4-6-10(7-5-9)11(12)13/h3-7H,1-2H3,(H2,12,13). The Morgan fingerprint density at radius 3 is 2.08 bits per heavy atom. The molecule has 2 heteroatoms. The number of hydrogen-bond donors (Lipinski definition) is 1. The van der Waals surface area contributed by atoms with Gasteiger partial charge in [-0.2, -0.15) is 0 Å². The first kappa shape index (κ1) is 9.52. The monoisotopic (exact) mass is 175 g/mol. The third kappa shape index (κ3) is 2.18. The Hall–Kier alpha value is -1.57. The van der Waals surface area contributed by atoms with Gasteiger partial charge >= 0.3 is 0 Å². The molecule has 0 atom stereocenters. The fourth-order valence-corrected chi connectivity index (χ4v) is 1.06. The Morgan fingerprint density at radius 2 is 1.69 bits per heavy atom. The highest BCUT2D eigenvalue weighted by Crippen LogP contribution is 2.13. The van der Waals surface area contributed by atoms with Crippen molar-refractivity contribution in [2.75, 3.05) is 0 Å². The first-order valence-electron chi connectivity index (χ1n) is 4.18. The molecule has 0 saturated carbocycles. The molecule has 1 rings (SSSR count). The van der Waals surface area contributed by atoms with Gasteiger partial charge in [-0.05, 0) is 37.1 Å². The van der Waals surface area contributed by atoms with Crippen LogP contribution in [0.25, 0.3) is 5.57 Å². The fourth-order valence-electron chi connectivity index (χ4n) is 1.06. The first-order valence-corrected chi connectivity index (χ1v) is 4.18. The second kappa shape index (κ2) is 3.90. The molecule has 68 valence electrons. The normalized spacial score (nSPS) is 11.4. The lowest BCUT2D eigenvalue weighted by atomic mass is 10.1. The van der Waals surface area contributed by atoms with Crippen LogP contribution in [-0.2, 0) is 0 Å². The molecule has 0 radical (unpaired) electrons. The van der Waals surface area contributed by atoms with Crippen molar-refractivity contribution in [1.82, 2.24) is 0 Å². The Balaban J connectivity index is 3.00. The molecule has 1 aromatic carbocycles. The lowest BCUT2D eigenvalue weighted by Crippen LogP contribution is -2.10. The molecule has 2 N–H and O–H groups in total. The quantitative estimate of drug-likeness (QED) is 0.735. The zero-order valence-corrected chi connectivity index (χ0v) is 7.87. The van der Waals surface area contributed by atoms with E-state index < -0.39 is 0 Å². The molecular weight excluding hydrogens is 162 g/mol. The molecule has 0 aliphatic carbocycles. The number of carbonyl (C=O) groups is 1. The molecular formula is C11H13NO. The molecule has 2 nitrogen and oxygen atoms in total. The molecule has 0 fully saturated rings. The van der Waals surface area contributed by atoms with Gasteiger partial charge in [0, 0.05) is 5.56 Å². The minimum atomic E-state index is -0.385. The predicted molar refractivity (Wildman–Crippen MR) is 54.3 cm³/mol. The van der Waals surface area contributed by atoms with Crippen LogP contribution >= 0.6 is 0 Å². The van der Waals surface area contributed by atoms with Gasteiger partial charge in [-0.1, -0.05) is 18.2 Å². The zero-order valence-electron chi connectivity index (χ0n) is 7.87. The van der Waals surface area contributed by atoms with E-state index >= 15 is 0 Å². The molecule has 0 spiro atoms. The predicted octanol–water partition coefficient (Wildman–Crippen LogP) is 2.21. The van der Waals surface area contributed by atoms with Gasteiger partial charge in [0.05, 0.1) is 0 Å². The van der Waals surface area contributed by atoms with E-state index in [1.165, 1.54) is 5.57 Å². The highest BCUT2D eigenvalue weighted by Gasteiger charge is 1.99. The van der Waals surface area contributed by atoms with Crippen LogP contribution in [0.5, 0.6) is 0 Å². The van der Waals surface area contributed by atoms with Gasteiger partial charge in [0.2, 0.25) is 5.91 Å². The largest absolute Gasteiger partial charge is 0.366 e. The van der Waals surface area contributed by atoms with Crippen molar-refractivity contribution in [3.8, 4) is 0 Å². The summed E-state index contributed by atoms with van der Waals surface area (Å²) in [5.74, 6) is -0.385. The molecule has 0 unspecified atom stereocenters. The van der Waals surface area contributed by atoms with E-state index in [0.717, 1.165) is 5.56 Å². The minimum absolute atomic E-state index is 0.385. The van der Waals surface area contributed by atoms with E-state index in [0.29, 0.717) is 5.56 Å². The lowest BCUT2D eigenvalue weighted by molar-refractivity contribution is 0.100. The van der Waals surface area contributed by atoms with Crippen LogP contribution in [0.3, 0.4) is 0 Å². The number of benzene rings is 1. The van der Waals surface area contributed by atoms with E-state index in [1.54, 1.807) is 12.1 Å². The molecule has 0 heterocycles. The van der Waals surface area contributed by atoms with E-state index in [4.69, 9.17) is 5.73 Å². The third-order valence-electron chi connectivity index (χ3n) is 2.06. The minimum Gasteiger partial charge on any atom is -0.366 e. The van der Waals surface area contributed by atoms with Crippen molar-refractivity contribution in [3.63, 3.8) is 0 Å². The number of hydrogen-bond acceptors (Lipinski definition) is 1. The van der Waals surface area contributed by atoms with Gasteiger partial charge in [-0.15, -0.1) is 0 Å². The summed E-state index contributed by atoms with van der Waals surface area (Å²) in [4.78, 5) is 10.8. The SMILES string of the molecule is CC=C(C)c1ccc(C(N)=O)cc1. The van der Waals surface area contributed by atoms with Crippen molar-refractivity contribution in [3.05, 3.63) is 41.5 Å². The summed E-state index contributed by atoms with van der Waals surface area (Å²) in [6.07, 6.45) is 2.03. The van der Waals surface area contributed by atoms with Gasteiger partial charge in [0.15, 0.2) is 0 Å². The second-order valence-electron chi connectivity index (χ2n) is 2.91. The maximum atomic E-state index is 10.8. The number of amides is 1. The van der Waals surface area contributed by atoms with Crippen molar-refractivity contribution in [1.29, 1.82) is 0 Å². The van der Waals surface area contributed by atoms with Crippen LogP contribution in [-0.4, -0.2) is 5.91 Å². The number of carbonyl (C=O) groups excluding carboxylic acids is 1. The Kier molecular flexibility index (Phi) is 2.85. The molecule has 13 heavy (non-hydrogen) atoms. The van der Waals surface area contributed by atoms with Crippen LogP contribution in [0.1, 0.15) is 29.8 Å². The third-order valence-corrected chi connectivity index (χ3v) is 2.06. The zero-order chi connectivity index (χ0) is 9.84. The van der Waals surface area contributed by atoms with Crippen LogP contribution in [0, 0.1) is 0 Å². The van der Waals surface area contributed by atoms with Crippen LogP contribution in [0.2, 0.25) is 0 Å². The van der Waals surface area contributed by atoms with Crippen molar-refractivity contribution in [2.45, 2.75) is 13.8 Å². The van der Waals surface area contributed by atoms with Crippen molar-refractivity contribution < 1.29 is 4.79 Å². The summed E-state index contributed by atoms with van der Waals surface area (Å²) < 4.78 is 0. The van der Waals surface area contributed by atoms with Gasteiger partial charge in [-0.25, -0.2) is 0 Å². The smallest absolute Gasteiger partial charge is 0.248 e. The summed E-state index contributed by atoms with van der Waals surface area (Å²) >= 11 is 0. The first-order chi connectivity index (χ1) is 6.15. The molecule has 0 aromatic heterocycles. The highest BCUT2D eigenvalue weighted by atomic mass is 16.1. The lowest BCUT2D eigenvalue weighted by Gasteiger charge is -2.01. The Bertz CT molecular complexity index is 336. The van der Waals surface area contributed by atoms with Crippen LogP contribution < -0.4 is 5.73 Å². The van der Waals surface area contributed by atoms with E-state index in [-0.39, 0.29) is 5.91 Å². The summed E-state index contributed by atoms with van der Waals surface area (Å²) in [7, 11) is 0. The van der Waals surface area contributed by atoms with Crippen LogP contribution in [0.4, 0.5) is 0 Å². The fraction of sp³-hybridized carbons (Fsp3) is 0.182. The van der Waals surface area contributed by atoms with Gasteiger partial charge in [0.1, 0.15) is 0 Å². The van der Waals surface area contributed by atoms with Crippen molar-refractivity contribution in [2.24, 2.45) is 5.73 Å². The van der Waals surface area contributed by atoms with Gasteiger partial charge in [-0.3, -0.25) is 4.79 Å². The average Bonchev–Trinajstić information content (AvgIpc) is 2.17. The second-order valence-corrected chi connectivity index (χ2v) is 2.91. The van der Waals surface area contributed by atoms with E-state index in [1.807, 2.05) is 32.1 Å². The maximum absolute atomic E-state index is 10.8. The molecule has 0 aliphatic heterocycles. The summed E-state index contributed by atoms with van der Waals surface area (Å²) in [6, 6.07) is 7.28. The number of allylic oxidation sites excluding steroid dienone is 2. The van der Waals surface area contributed by atoms with Gasteiger partial charge < -0.3 is 5.73 Å². The Morgan fingerprint density at radius 1 is 1.23 bits per heavy atom. The van der Waals surface area contributed by atoms with Crippen LogP contribution in [0.15, 0.2) is 30.3 Å². The number of primary amides is 1. The van der Waals surface area contributed by atoms with E-state index in [2.05, 4.69) is 0 Å². The summed E-state index contributed by atoms with van der Waals surface area (Å²) in [5.41, 5.74) is 7.98. The van der Waals surface area contributed by atoms with E-state index in [9.17, 15) is 4.79 Å². The topological polar surface area (TPSA) is 43.1 Å². The Labute approximate surface area is 78.1 Å². The van der Waals surface area contributed by atoms with Gasteiger partial charge in [0.25, 0.3) is 0 Å². The number of rotatable bonds is 2. The number of nitrogens with two attached hydrogens (primary N) is 1. The van der Waals surface area contributed by atoms with Crippen molar-refractivity contribution >= 4 is 11.5 Å². The summed E-state index contributed by atoms with van der Waals surface area (Å²) in [6.45, 7) is 4.01. The molecule has 1 amide bonds. The molecule has 1 aromatic rings. The molecule has 0 aliphatic rings. The summed E-state index contributed by atoms with van der Waals surface area (Å²) in [5, 5.41) is 0. The maximum Gasteiger partial charge on any atom is 0.248 e.